The van der Waals surface area contributed by atoms with Gasteiger partial charge in [0.1, 0.15) is 5.01 Å². The molecule has 0 unspecified atom stereocenters. The summed E-state index contributed by atoms with van der Waals surface area (Å²) < 4.78 is 5.22. The molecule has 0 atom stereocenters. The van der Waals surface area contributed by atoms with Crippen LogP contribution < -0.4 is 0 Å². The van der Waals surface area contributed by atoms with Crippen molar-refractivity contribution in [1.29, 1.82) is 0 Å². The van der Waals surface area contributed by atoms with Crippen LogP contribution in [0, 0.1) is 0 Å². The molecule has 1 amide bonds. The van der Waals surface area contributed by atoms with E-state index in [0.717, 1.165) is 30.3 Å². The van der Waals surface area contributed by atoms with E-state index in [2.05, 4.69) is 48.4 Å². The fraction of sp³-hybridized carbons (Fsp3) is 0.364. The molecule has 0 bridgehead atoms. The molecule has 3 aromatic rings. The van der Waals surface area contributed by atoms with E-state index in [1.165, 1.54) is 11.1 Å². The molecule has 1 saturated heterocycles. The fourth-order valence-electron chi connectivity index (χ4n) is 3.42. The zero-order valence-electron chi connectivity index (χ0n) is 16.3. The lowest BCUT2D eigenvalue weighted by molar-refractivity contribution is 0.0596. The zero-order valence-corrected chi connectivity index (χ0v) is 17.1. The Morgan fingerprint density at radius 1 is 1.14 bits per heavy atom. The van der Waals surface area contributed by atoms with Crippen molar-refractivity contribution in [3.05, 3.63) is 65.1 Å². The highest BCUT2D eigenvalue weighted by Crippen LogP contribution is 2.26. The molecular weight excluding hydrogens is 370 g/mol. The van der Waals surface area contributed by atoms with E-state index in [4.69, 9.17) is 9.40 Å². The quantitative estimate of drug-likeness (QED) is 0.639. The number of amides is 1. The third kappa shape index (κ3) is 4.18. The normalized spacial score (nSPS) is 15.3. The molecule has 1 aromatic carbocycles. The van der Waals surface area contributed by atoms with Gasteiger partial charge in [-0.05, 0) is 23.6 Å². The van der Waals surface area contributed by atoms with Crippen LogP contribution in [0.5, 0.6) is 0 Å². The number of aromatic nitrogens is 1. The molecule has 0 radical (unpaired) electrons. The van der Waals surface area contributed by atoms with Crippen molar-refractivity contribution in [3.8, 4) is 10.6 Å². The maximum atomic E-state index is 12.4. The van der Waals surface area contributed by atoms with Gasteiger partial charge in [-0.25, -0.2) is 4.98 Å². The van der Waals surface area contributed by atoms with Crippen molar-refractivity contribution < 1.29 is 9.21 Å². The maximum Gasteiger partial charge on any atom is 0.289 e. The molecule has 146 valence electrons. The first-order chi connectivity index (χ1) is 13.6. The Morgan fingerprint density at radius 2 is 1.89 bits per heavy atom. The van der Waals surface area contributed by atoms with Crippen molar-refractivity contribution in [2.75, 3.05) is 26.2 Å². The molecule has 0 spiro atoms. The highest BCUT2D eigenvalue weighted by atomic mass is 32.1. The second-order valence-corrected chi connectivity index (χ2v) is 8.32. The predicted octanol–water partition coefficient (Wildman–Crippen LogP) is 4.48. The summed E-state index contributed by atoms with van der Waals surface area (Å²) in [5, 5.41) is 3.21. The van der Waals surface area contributed by atoms with Crippen LogP contribution in [-0.2, 0) is 6.54 Å². The summed E-state index contributed by atoms with van der Waals surface area (Å²) in [6.07, 6.45) is 1.54. The highest BCUT2D eigenvalue weighted by Gasteiger charge is 2.24. The van der Waals surface area contributed by atoms with Gasteiger partial charge in [0, 0.05) is 43.7 Å². The van der Waals surface area contributed by atoms with Crippen LogP contribution in [0.3, 0.4) is 0 Å². The minimum atomic E-state index is -0.0227. The molecule has 2 aromatic heterocycles. The van der Waals surface area contributed by atoms with Crippen LogP contribution >= 0.6 is 11.3 Å². The van der Waals surface area contributed by atoms with Crippen molar-refractivity contribution in [2.45, 2.75) is 26.3 Å². The number of hydrogen-bond acceptors (Lipinski definition) is 5. The molecule has 1 fully saturated rings. The first kappa shape index (κ1) is 18.9. The molecule has 6 heteroatoms. The monoisotopic (exact) mass is 395 g/mol. The van der Waals surface area contributed by atoms with Crippen molar-refractivity contribution >= 4 is 17.2 Å². The van der Waals surface area contributed by atoms with Gasteiger partial charge in [0.15, 0.2) is 5.76 Å². The van der Waals surface area contributed by atoms with E-state index in [1.807, 2.05) is 4.90 Å². The van der Waals surface area contributed by atoms with Gasteiger partial charge >= 0.3 is 0 Å². The van der Waals surface area contributed by atoms with Crippen molar-refractivity contribution in [3.63, 3.8) is 0 Å². The molecule has 3 heterocycles. The Labute approximate surface area is 169 Å². The van der Waals surface area contributed by atoms with Crippen LogP contribution in [0.1, 0.15) is 41.6 Å². The molecule has 5 nitrogen and oxygen atoms in total. The number of piperazine rings is 1. The Hall–Kier alpha value is -2.44. The number of carbonyl (C=O) groups excluding carboxylic acids is 1. The lowest BCUT2D eigenvalue weighted by Gasteiger charge is -2.33. The molecule has 0 saturated carbocycles. The molecule has 0 aliphatic carbocycles. The molecule has 1 aliphatic heterocycles. The average molecular weight is 396 g/mol. The van der Waals surface area contributed by atoms with Crippen LogP contribution in [0.4, 0.5) is 0 Å². The van der Waals surface area contributed by atoms with Gasteiger partial charge in [-0.3, -0.25) is 9.69 Å². The largest absolute Gasteiger partial charge is 0.459 e. The third-order valence-corrected chi connectivity index (χ3v) is 6.09. The standard InChI is InChI=1S/C22H25N3O2S/c1-16(2)17-5-7-18(8-6-17)21-23-19(15-28-21)14-24-9-11-25(12-10-24)22(26)20-4-3-13-27-20/h3-8,13,15-16H,9-12,14H2,1-2H3. The van der Waals surface area contributed by atoms with Gasteiger partial charge in [0.25, 0.3) is 5.91 Å². The second kappa shape index (κ2) is 8.29. The summed E-state index contributed by atoms with van der Waals surface area (Å²) in [6, 6.07) is 12.2. The van der Waals surface area contributed by atoms with Gasteiger partial charge in [-0.15, -0.1) is 11.3 Å². The Bertz CT molecular complexity index is 908. The molecule has 4 rings (SSSR count). The summed E-state index contributed by atoms with van der Waals surface area (Å²) in [4.78, 5) is 21.4. The van der Waals surface area contributed by atoms with Crippen molar-refractivity contribution in [2.24, 2.45) is 0 Å². The number of benzene rings is 1. The number of hydrogen-bond donors (Lipinski definition) is 0. The fourth-order valence-corrected chi connectivity index (χ4v) is 4.23. The zero-order chi connectivity index (χ0) is 19.5. The van der Waals surface area contributed by atoms with Crippen LogP contribution in [0.2, 0.25) is 0 Å². The van der Waals surface area contributed by atoms with Gasteiger partial charge in [-0.1, -0.05) is 38.1 Å². The van der Waals surface area contributed by atoms with E-state index < -0.39 is 0 Å². The Balaban J connectivity index is 1.33. The van der Waals surface area contributed by atoms with E-state index >= 15 is 0 Å². The van der Waals surface area contributed by atoms with Crippen molar-refractivity contribution in [1.82, 2.24) is 14.8 Å². The first-order valence-corrected chi connectivity index (χ1v) is 10.6. The van der Waals surface area contributed by atoms with Crippen LogP contribution in [0.15, 0.2) is 52.5 Å². The van der Waals surface area contributed by atoms with Crippen LogP contribution in [0.25, 0.3) is 10.6 Å². The smallest absolute Gasteiger partial charge is 0.289 e. The van der Waals surface area contributed by atoms with Gasteiger partial charge < -0.3 is 9.32 Å². The third-order valence-electron chi connectivity index (χ3n) is 5.15. The van der Waals surface area contributed by atoms with E-state index in [-0.39, 0.29) is 5.91 Å². The summed E-state index contributed by atoms with van der Waals surface area (Å²) in [5.74, 6) is 0.936. The van der Waals surface area contributed by atoms with Gasteiger partial charge in [-0.2, -0.15) is 0 Å². The summed E-state index contributed by atoms with van der Waals surface area (Å²) in [7, 11) is 0. The lowest BCUT2D eigenvalue weighted by Crippen LogP contribution is -2.48. The van der Waals surface area contributed by atoms with Gasteiger partial charge in [0.2, 0.25) is 0 Å². The van der Waals surface area contributed by atoms with Gasteiger partial charge in [0.05, 0.1) is 12.0 Å². The second-order valence-electron chi connectivity index (χ2n) is 7.47. The first-order valence-electron chi connectivity index (χ1n) is 9.70. The summed E-state index contributed by atoms with van der Waals surface area (Å²) in [6.45, 7) is 8.37. The lowest BCUT2D eigenvalue weighted by atomic mass is 10.0. The molecule has 0 N–H and O–H groups in total. The van der Waals surface area contributed by atoms with E-state index in [0.29, 0.717) is 24.8 Å². The summed E-state index contributed by atoms with van der Waals surface area (Å²) in [5.41, 5.74) is 3.62. The maximum absolute atomic E-state index is 12.4. The Kier molecular flexibility index (Phi) is 5.59. The number of carbonyl (C=O) groups is 1. The molecule has 1 aliphatic rings. The molecule has 28 heavy (non-hydrogen) atoms. The number of thiazole rings is 1. The SMILES string of the molecule is CC(C)c1ccc(-c2nc(CN3CCN(C(=O)c4ccco4)CC3)cs2)cc1. The minimum absolute atomic E-state index is 0.0227. The number of nitrogens with zero attached hydrogens (tertiary/aromatic N) is 3. The average Bonchev–Trinajstić information content (AvgIpc) is 3.40. The van der Waals surface area contributed by atoms with E-state index in [9.17, 15) is 4.79 Å². The predicted molar refractivity (Wildman–Crippen MR) is 112 cm³/mol. The minimum Gasteiger partial charge on any atom is -0.459 e. The highest BCUT2D eigenvalue weighted by molar-refractivity contribution is 7.13. The van der Waals surface area contributed by atoms with E-state index in [1.54, 1.807) is 29.7 Å². The number of furan rings is 1. The Morgan fingerprint density at radius 3 is 2.54 bits per heavy atom. The van der Waals surface area contributed by atoms with Crippen LogP contribution in [-0.4, -0.2) is 46.9 Å². The molecular formula is C22H25N3O2S. The number of rotatable bonds is 5. The topological polar surface area (TPSA) is 49.6 Å². The summed E-state index contributed by atoms with van der Waals surface area (Å²) >= 11 is 1.69.